The summed E-state index contributed by atoms with van der Waals surface area (Å²) in [6.07, 6.45) is 2.17. The number of carbonyl (C=O) groups is 3. The van der Waals surface area contributed by atoms with E-state index in [4.69, 9.17) is 9.47 Å². The Balaban J connectivity index is 1.28. The van der Waals surface area contributed by atoms with Gasteiger partial charge in [-0.15, -0.1) is 0 Å². The third kappa shape index (κ3) is 11.3. The number of carbonyl (C=O) groups excluding carboxylic acids is 3. The number of sulfone groups is 1. The molecule has 0 atom stereocenters. The predicted octanol–water partition coefficient (Wildman–Crippen LogP) is 4.28. The van der Waals surface area contributed by atoms with Crippen LogP contribution in [0.15, 0.2) is 131 Å². The van der Waals surface area contributed by atoms with E-state index >= 15 is 0 Å². The largest absolute Gasteiger partial charge is 0.494 e. The second-order valence-electron chi connectivity index (χ2n) is 15.4. The molecule has 2 aliphatic carbocycles. The van der Waals surface area contributed by atoms with Crippen LogP contribution in [0.1, 0.15) is 47.8 Å². The fraction of sp³-hybridized carbons (Fsp3) is 0.0698. The van der Waals surface area contributed by atoms with E-state index in [1.54, 1.807) is 6.07 Å². The highest BCUT2D eigenvalue weighted by Crippen LogP contribution is 2.40. The lowest BCUT2D eigenvalue weighted by molar-refractivity contribution is 0.102. The number of allylic oxidation sites excluding steroid dienone is 2. The second kappa shape index (κ2) is 19.8. The zero-order valence-electron chi connectivity index (χ0n) is 37.6. The van der Waals surface area contributed by atoms with Crippen LogP contribution in [0.25, 0.3) is 12.2 Å². The van der Waals surface area contributed by atoms with Gasteiger partial charge in [0.25, 0.3) is 46.4 Å². The van der Waals surface area contributed by atoms with Crippen molar-refractivity contribution in [2.24, 2.45) is 15.2 Å². The topological polar surface area (TPSA) is 415 Å². The van der Waals surface area contributed by atoms with Crippen molar-refractivity contribution in [3.05, 3.63) is 134 Å². The molecule has 0 unspecified atom stereocenters. The Morgan fingerprint density at radius 1 is 0.541 bits per heavy atom. The number of rotatable bonds is 15. The first-order chi connectivity index (χ1) is 34.4. The third-order valence-electron chi connectivity index (χ3n) is 10.5. The molecule has 8 N–H and O–H groups in total. The number of amides is 1. The van der Waals surface area contributed by atoms with E-state index in [9.17, 15) is 79.8 Å². The van der Waals surface area contributed by atoms with Gasteiger partial charge in [0.05, 0.1) is 51.4 Å². The van der Waals surface area contributed by atoms with Crippen molar-refractivity contribution in [1.82, 2.24) is 0 Å². The Morgan fingerprint density at radius 3 is 1.45 bits per heavy atom. The summed E-state index contributed by atoms with van der Waals surface area (Å²) < 4.78 is 175. The monoisotopic (exact) mass is 1110 g/mol. The number of hydrazone groups is 2. The minimum absolute atomic E-state index is 0.0916. The first-order valence-corrected chi connectivity index (χ1v) is 27.7. The molecule has 0 radical (unpaired) electrons. The average Bonchev–Trinajstić information content (AvgIpc) is 3.31. The Bertz CT molecular complexity index is 4020. The molecule has 0 saturated heterocycles. The SMILES string of the molecule is COc1cc(N/N=C2\C(=O)c3c(cc(S(=O)(=O)O)cc3NC(=O)c3ccc(S(C)(=O)=O)cc3)C=C2S(=O)(=O)O)c(OC)cc1N/N=C1\C(=O)c2c(cc(S(=O)(=O)O)cc2N=C(O)c2ccccc2)C=C1S(=O)(=O)O. The summed E-state index contributed by atoms with van der Waals surface area (Å²) in [5, 5.41) is 20.9. The summed E-state index contributed by atoms with van der Waals surface area (Å²) in [6.45, 7) is 0. The number of Topliss-reactive ketones (excluding diaryl/α,β-unsaturated/α-hetero) is 2. The number of hydrogen-bond donors (Lipinski definition) is 8. The number of nitrogens with zero attached hydrogens (tertiary/aromatic N) is 3. The molecule has 0 spiro atoms. The normalized spacial score (nSPS) is 15.4. The number of anilines is 3. The van der Waals surface area contributed by atoms with Gasteiger partial charge in [0, 0.05) is 29.5 Å². The van der Waals surface area contributed by atoms with E-state index < -0.39 is 138 Å². The quantitative estimate of drug-likeness (QED) is 0.0314. The fourth-order valence-electron chi connectivity index (χ4n) is 7.08. The number of aliphatic hydroxyl groups excluding tert-OH is 1. The van der Waals surface area contributed by atoms with E-state index in [0.29, 0.717) is 36.4 Å². The lowest BCUT2D eigenvalue weighted by atomic mass is 9.92. The van der Waals surface area contributed by atoms with E-state index in [1.165, 1.54) is 24.3 Å². The number of ether oxygens (including phenoxy) is 2. The second-order valence-corrected chi connectivity index (χ2v) is 23.0. The predicted molar refractivity (Wildman–Crippen MR) is 265 cm³/mol. The van der Waals surface area contributed by atoms with Crippen molar-refractivity contribution in [1.29, 1.82) is 0 Å². The van der Waals surface area contributed by atoms with Crippen LogP contribution in [0.5, 0.6) is 11.5 Å². The maximum Gasteiger partial charge on any atom is 0.296 e. The van der Waals surface area contributed by atoms with Crippen LogP contribution in [0.4, 0.5) is 22.7 Å². The molecule has 0 fully saturated rings. The lowest BCUT2D eigenvalue weighted by Gasteiger charge is -2.21. The Kier molecular flexibility index (Phi) is 14.4. The van der Waals surface area contributed by atoms with Crippen LogP contribution < -0.4 is 25.6 Å². The summed E-state index contributed by atoms with van der Waals surface area (Å²) in [6, 6.07) is 16.7. The van der Waals surface area contributed by atoms with Crippen LogP contribution >= 0.6 is 0 Å². The van der Waals surface area contributed by atoms with Gasteiger partial charge in [-0.2, -0.15) is 43.9 Å². The number of hydrogen-bond acceptors (Lipinski definition) is 20. The van der Waals surface area contributed by atoms with Crippen LogP contribution in [0.2, 0.25) is 0 Å². The van der Waals surface area contributed by atoms with Crippen molar-refractivity contribution >= 4 is 120 Å². The molecule has 26 nitrogen and oxygen atoms in total. The molecule has 7 rings (SSSR count). The fourth-order valence-corrected chi connectivity index (χ4v) is 10.1. The van der Waals surface area contributed by atoms with Gasteiger partial charge in [0.15, 0.2) is 21.3 Å². The molecule has 2 aliphatic rings. The smallest absolute Gasteiger partial charge is 0.296 e. The maximum absolute atomic E-state index is 14.3. The van der Waals surface area contributed by atoms with Gasteiger partial charge in [0.1, 0.15) is 32.7 Å². The molecule has 5 aromatic carbocycles. The Labute approximate surface area is 419 Å². The summed E-state index contributed by atoms with van der Waals surface area (Å²) in [7, 11) is -22.5. The van der Waals surface area contributed by atoms with Crippen LogP contribution in [0.3, 0.4) is 0 Å². The minimum Gasteiger partial charge on any atom is -0.494 e. The van der Waals surface area contributed by atoms with Gasteiger partial charge in [-0.1, -0.05) is 18.2 Å². The standard InChI is InChI=1S/C43H34N6O20S5/c1-68-32-20-29(47-49-39-35(74(65,66)67)16-24-14-27(72(59,60)61)18-31(37(24)41(39)51)45-43(53)22-9-11-25(12-10-22)70(3,54)55)33(69-2)19-28(32)46-48-38-34(73(62,63)64)15-23-13-26(71(56,57)58)17-30(36(23)40(38)50)44-42(52)21-7-5-4-6-8-21/h4-20,46-47H,1-3H3,(H,44,52)(H,45,53)(H,56,57,58)(H,59,60,61)(H,62,63,64)(H,65,66,67)/b48-38-,49-39-. The molecular formula is C43H34N6O20S5. The molecule has 31 heteroatoms. The lowest BCUT2D eigenvalue weighted by Crippen LogP contribution is -2.29. The maximum atomic E-state index is 14.3. The van der Waals surface area contributed by atoms with E-state index in [-0.39, 0.29) is 38.9 Å². The van der Waals surface area contributed by atoms with Crippen molar-refractivity contribution in [2.75, 3.05) is 36.6 Å². The molecule has 0 heterocycles. The molecule has 0 bridgehead atoms. The molecule has 5 aromatic rings. The Morgan fingerprint density at radius 2 is 1.00 bits per heavy atom. The molecule has 0 saturated carbocycles. The first kappa shape index (κ1) is 53.8. The van der Waals surface area contributed by atoms with Gasteiger partial charge in [0.2, 0.25) is 17.5 Å². The van der Waals surface area contributed by atoms with E-state index in [0.717, 1.165) is 56.9 Å². The average molecular weight is 1120 g/mol. The number of methoxy groups -OCH3 is 2. The molecule has 0 aliphatic heterocycles. The number of aliphatic hydroxyl groups is 1. The molecular weight excluding hydrogens is 1080 g/mol. The van der Waals surface area contributed by atoms with E-state index in [1.807, 2.05) is 0 Å². The molecule has 386 valence electrons. The van der Waals surface area contributed by atoms with Crippen LogP contribution in [-0.2, 0) is 50.3 Å². The minimum atomic E-state index is -5.43. The summed E-state index contributed by atoms with van der Waals surface area (Å²) in [5.41, 5.74) is -1.39. The zero-order valence-corrected chi connectivity index (χ0v) is 41.6. The summed E-state index contributed by atoms with van der Waals surface area (Å²) >= 11 is 0. The highest BCUT2D eigenvalue weighted by atomic mass is 32.2. The number of ketones is 2. The number of aliphatic imine (C=N–C) groups is 1. The van der Waals surface area contributed by atoms with Crippen molar-refractivity contribution < 1.29 is 89.3 Å². The molecule has 0 aromatic heterocycles. The van der Waals surface area contributed by atoms with Crippen LogP contribution in [-0.4, -0.2) is 121 Å². The van der Waals surface area contributed by atoms with Crippen molar-refractivity contribution in [3.8, 4) is 11.5 Å². The first-order valence-electron chi connectivity index (χ1n) is 20.1. The highest BCUT2D eigenvalue weighted by molar-refractivity contribution is 7.91. The Hall–Kier alpha value is -8.01. The van der Waals surface area contributed by atoms with Gasteiger partial charge in [-0.3, -0.25) is 43.4 Å². The zero-order chi connectivity index (χ0) is 54.5. The van der Waals surface area contributed by atoms with Crippen molar-refractivity contribution in [3.63, 3.8) is 0 Å². The number of fused-ring (bicyclic) bond motifs is 2. The van der Waals surface area contributed by atoms with Crippen LogP contribution in [0, 0.1) is 0 Å². The number of benzene rings is 5. The molecule has 1 amide bonds. The molecule has 74 heavy (non-hydrogen) atoms. The van der Waals surface area contributed by atoms with Gasteiger partial charge in [-0.25, -0.2) is 13.4 Å². The van der Waals surface area contributed by atoms with Gasteiger partial charge >= 0.3 is 0 Å². The third-order valence-corrected chi connectivity index (χ3v) is 15.0. The van der Waals surface area contributed by atoms with E-state index in [2.05, 4.69) is 31.4 Å². The number of nitrogens with one attached hydrogen (secondary N) is 3. The summed E-state index contributed by atoms with van der Waals surface area (Å²) in [4.78, 5) is 41.4. The van der Waals surface area contributed by atoms with Crippen molar-refractivity contribution in [2.45, 2.75) is 14.7 Å². The highest BCUT2D eigenvalue weighted by Gasteiger charge is 2.38. The van der Waals surface area contributed by atoms with Gasteiger partial charge < -0.3 is 19.9 Å². The summed E-state index contributed by atoms with van der Waals surface area (Å²) in [5.74, 6) is -4.98. The van der Waals surface area contributed by atoms with Gasteiger partial charge in [-0.05, 0) is 83.9 Å².